The van der Waals surface area contributed by atoms with Crippen LogP contribution < -0.4 is 4.74 Å². The number of alkyl halides is 3. The van der Waals surface area contributed by atoms with Crippen molar-refractivity contribution in [2.75, 3.05) is 0 Å². The number of aliphatic carboxylic acids is 1. The van der Waals surface area contributed by atoms with Gasteiger partial charge in [-0.1, -0.05) is 0 Å². The molecule has 3 rings (SSSR count). The Bertz CT molecular complexity index is 693. The standard InChI is InChI=1S/C19H22F4O4/c20-14-3-4-15(27-19(21,22)23)13(10-14)11-26-18-8-6-17(12-18,7-9-18)5-1-2-16(24)25/h3-4,10H,1-2,5-9,11-12H2,(H,24,25). The van der Waals surface area contributed by atoms with Crippen LogP contribution in [0.1, 0.15) is 56.9 Å². The number of benzene rings is 1. The Labute approximate surface area is 154 Å². The second-order valence-electron chi connectivity index (χ2n) is 7.70. The molecule has 2 aliphatic carbocycles. The molecule has 0 heterocycles. The molecule has 4 nitrogen and oxygen atoms in total. The Morgan fingerprint density at radius 2 is 1.89 bits per heavy atom. The molecule has 0 aromatic heterocycles. The first-order valence-electron chi connectivity index (χ1n) is 9.00. The molecule has 2 fully saturated rings. The van der Waals surface area contributed by atoms with E-state index in [0.717, 1.165) is 56.7 Å². The van der Waals surface area contributed by atoms with E-state index in [1.165, 1.54) is 0 Å². The summed E-state index contributed by atoms with van der Waals surface area (Å²) in [6.07, 6.45) is 0.872. The van der Waals surface area contributed by atoms with E-state index in [4.69, 9.17) is 9.84 Å². The Morgan fingerprint density at radius 1 is 1.19 bits per heavy atom. The summed E-state index contributed by atoms with van der Waals surface area (Å²) >= 11 is 0. The minimum Gasteiger partial charge on any atom is -0.481 e. The fourth-order valence-corrected chi connectivity index (χ4v) is 4.54. The molecule has 1 aromatic rings. The highest BCUT2D eigenvalue weighted by molar-refractivity contribution is 5.66. The largest absolute Gasteiger partial charge is 0.573 e. The molecule has 150 valence electrons. The van der Waals surface area contributed by atoms with Crippen molar-refractivity contribution < 1.29 is 36.9 Å². The van der Waals surface area contributed by atoms with Crippen molar-refractivity contribution in [1.29, 1.82) is 0 Å². The average Bonchev–Trinajstić information content (AvgIpc) is 3.10. The van der Waals surface area contributed by atoms with Crippen LogP contribution in [0.4, 0.5) is 17.6 Å². The fraction of sp³-hybridized carbons (Fsp3) is 0.632. The summed E-state index contributed by atoms with van der Waals surface area (Å²) in [5, 5.41) is 8.80. The molecule has 0 atom stereocenters. The number of hydrogen-bond acceptors (Lipinski definition) is 3. The van der Waals surface area contributed by atoms with E-state index in [1.807, 2.05) is 0 Å². The van der Waals surface area contributed by atoms with Gasteiger partial charge in [-0.25, -0.2) is 4.39 Å². The molecule has 2 aliphatic rings. The van der Waals surface area contributed by atoms with Gasteiger partial charge in [0.1, 0.15) is 11.6 Å². The van der Waals surface area contributed by atoms with Gasteiger partial charge in [-0.2, -0.15) is 0 Å². The number of ether oxygens (including phenoxy) is 2. The molecule has 0 amide bonds. The van der Waals surface area contributed by atoms with Gasteiger partial charge in [0.15, 0.2) is 0 Å². The van der Waals surface area contributed by atoms with E-state index in [2.05, 4.69) is 4.74 Å². The van der Waals surface area contributed by atoms with Crippen molar-refractivity contribution in [2.45, 2.75) is 69.9 Å². The summed E-state index contributed by atoms with van der Waals surface area (Å²) in [4.78, 5) is 10.7. The molecule has 1 aromatic carbocycles. The molecule has 2 bridgehead atoms. The zero-order valence-corrected chi connectivity index (χ0v) is 14.8. The topological polar surface area (TPSA) is 55.8 Å². The number of carboxylic acid groups (broad SMARTS) is 1. The summed E-state index contributed by atoms with van der Waals surface area (Å²) in [7, 11) is 0. The fourth-order valence-electron chi connectivity index (χ4n) is 4.54. The Kier molecular flexibility index (Phi) is 5.38. The highest BCUT2D eigenvalue weighted by Crippen LogP contribution is 2.60. The maximum absolute atomic E-state index is 13.5. The Balaban J connectivity index is 1.63. The van der Waals surface area contributed by atoms with E-state index in [1.54, 1.807) is 0 Å². The van der Waals surface area contributed by atoms with E-state index < -0.39 is 29.5 Å². The third-order valence-electron chi connectivity index (χ3n) is 5.80. The molecule has 0 aliphatic heterocycles. The maximum Gasteiger partial charge on any atom is 0.573 e. The summed E-state index contributed by atoms with van der Waals surface area (Å²) in [5.41, 5.74) is -0.342. The van der Waals surface area contributed by atoms with Gasteiger partial charge in [-0.05, 0) is 68.6 Å². The summed E-state index contributed by atoms with van der Waals surface area (Å²) in [6.45, 7) is -0.158. The van der Waals surface area contributed by atoms with Gasteiger partial charge in [-0.15, -0.1) is 13.2 Å². The van der Waals surface area contributed by atoms with Gasteiger partial charge < -0.3 is 14.6 Å². The second-order valence-corrected chi connectivity index (χ2v) is 7.70. The number of rotatable bonds is 8. The van der Waals surface area contributed by atoms with Crippen molar-refractivity contribution in [3.63, 3.8) is 0 Å². The van der Waals surface area contributed by atoms with Crippen LogP contribution in [0, 0.1) is 11.2 Å². The molecule has 1 N–H and O–H groups in total. The third-order valence-corrected chi connectivity index (χ3v) is 5.80. The highest BCUT2D eigenvalue weighted by Gasteiger charge is 2.54. The first-order chi connectivity index (χ1) is 12.6. The van der Waals surface area contributed by atoms with E-state index >= 15 is 0 Å². The number of carbonyl (C=O) groups is 1. The number of halogens is 4. The summed E-state index contributed by atoms with van der Waals surface area (Å²) in [5.74, 6) is -1.92. The SMILES string of the molecule is O=C(O)CCCC12CCC(OCc3cc(F)ccc3OC(F)(F)F)(CC1)C2. The molecule has 2 saturated carbocycles. The van der Waals surface area contributed by atoms with Gasteiger partial charge in [0.2, 0.25) is 0 Å². The molecule has 0 saturated heterocycles. The van der Waals surface area contributed by atoms with Gasteiger partial charge >= 0.3 is 12.3 Å². The van der Waals surface area contributed by atoms with Crippen LogP contribution in [0.25, 0.3) is 0 Å². The lowest BCUT2D eigenvalue weighted by molar-refractivity contribution is -0.275. The molecular formula is C19H22F4O4. The van der Waals surface area contributed by atoms with Crippen LogP contribution in [0.2, 0.25) is 0 Å². The lowest BCUT2D eigenvalue weighted by Crippen LogP contribution is -2.27. The monoisotopic (exact) mass is 390 g/mol. The smallest absolute Gasteiger partial charge is 0.481 e. The normalized spacial score (nSPS) is 27.1. The van der Waals surface area contributed by atoms with E-state index in [0.29, 0.717) is 6.42 Å². The lowest BCUT2D eigenvalue weighted by atomic mass is 9.80. The molecular weight excluding hydrogens is 368 g/mol. The van der Waals surface area contributed by atoms with Crippen LogP contribution in [-0.4, -0.2) is 23.0 Å². The summed E-state index contributed by atoms with van der Waals surface area (Å²) in [6, 6.07) is 2.88. The van der Waals surface area contributed by atoms with Gasteiger partial charge in [0, 0.05) is 12.0 Å². The average molecular weight is 390 g/mol. The first-order valence-corrected chi connectivity index (χ1v) is 9.00. The van der Waals surface area contributed by atoms with Crippen molar-refractivity contribution in [3.8, 4) is 5.75 Å². The second kappa shape index (κ2) is 7.30. The van der Waals surface area contributed by atoms with Crippen molar-refractivity contribution in [3.05, 3.63) is 29.6 Å². The summed E-state index contributed by atoms with van der Waals surface area (Å²) < 4.78 is 61.1. The van der Waals surface area contributed by atoms with Crippen LogP contribution in [0.3, 0.4) is 0 Å². The minimum atomic E-state index is -4.86. The van der Waals surface area contributed by atoms with Crippen LogP contribution in [-0.2, 0) is 16.1 Å². The maximum atomic E-state index is 13.5. The van der Waals surface area contributed by atoms with Crippen molar-refractivity contribution in [2.24, 2.45) is 5.41 Å². The number of carboxylic acids is 1. The van der Waals surface area contributed by atoms with E-state index in [-0.39, 0.29) is 24.0 Å². The third kappa shape index (κ3) is 4.91. The predicted molar refractivity (Wildman–Crippen MR) is 87.6 cm³/mol. The molecule has 0 radical (unpaired) electrons. The zero-order valence-electron chi connectivity index (χ0n) is 14.8. The molecule has 27 heavy (non-hydrogen) atoms. The first kappa shape index (κ1) is 19.9. The van der Waals surface area contributed by atoms with Crippen molar-refractivity contribution >= 4 is 5.97 Å². The predicted octanol–water partition coefficient (Wildman–Crippen LogP) is 5.20. The Hall–Kier alpha value is -1.83. The molecule has 0 spiro atoms. The molecule has 8 heteroatoms. The Morgan fingerprint density at radius 3 is 2.52 bits per heavy atom. The molecule has 0 unspecified atom stereocenters. The quantitative estimate of drug-likeness (QED) is 0.620. The number of hydrogen-bond donors (Lipinski definition) is 1. The van der Waals surface area contributed by atoms with Crippen LogP contribution in [0.15, 0.2) is 18.2 Å². The lowest BCUT2D eigenvalue weighted by Gasteiger charge is -2.28. The zero-order chi connectivity index (χ0) is 19.7. The van der Waals surface area contributed by atoms with Crippen LogP contribution >= 0.6 is 0 Å². The number of fused-ring (bicyclic) bond motifs is 2. The van der Waals surface area contributed by atoms with Crippen LogP contribution in [0.5, 0.6) is 5.75 Å². The van der Waals surface area contributed by atoms with Crippen molar-refractivity contribution in [1.82, 2.24) is 0 Å². The van der Waals surface area contributed by atoms with Gasteiger partial charge in [-0.3, -0.25) is 4.79 Å². The van der Waals surface area contributed by atoms with Gasteiger partial charge in [0.25, 0.3) is 0 Å². The van der Waals surface area contributed by atoms with Gasteiger partial charge in [0.05, 0.1) is 12.2 Å². The minimum absolute atomic E-state index is 0.0250. The highest BCUT2D eigenvalue weighted by atomic mass is 19.4. The van der Waals surface area contributed by atoms with E-state index in [9.17, 15) is 22.4 Å².